The maximum atomic E-state index is 6.16. The number of para-hydroxylation sites is 1. The molecule has 0 amide bonds. The minimum atomic E-state index is 0.637. The van der Waals surface area contributed by atoms with Crippen molar-refractivity contribution in [2.45, 2.75) is 25.4 Å². The molecule has 1 aromatic carbocycles. The average Bonchev–Trinajstić information content (AvgIpc) is 3.23. The van der Waals surface area contributed by atoms with Gasteiger partial charge in [0.15, 0.2) is 5.58 Å². The first-order chi connectivity index (χ1) is 10.3. The summed E-state index contributed by atoms with van der Waals surface area (Å²) in [5.41, 5.74) is 2.89. The molecule has 1 N–H and O–H groups in total. The average molecular weight is 299 g/mol. The van der Waals surface area contributed by atoms with Crippen LogP contribution in [0.1, 0.15) is 18.4 Å². The van der Waals surface area contributed by atoms with Crippen LogP contribution in [0.4, 0.5) is 0 Å². The SMILES string of the molecule is Clc1cccc2cc(-c3cncc(CNC4CC4)c3)oc12. The molecule has 3 aromatic rings. The Labute approximate surface area is 127 Å². The molecule has 0 unspecified atom stereocenters. The van der Waals surface area contributed by atoms with E-state index in [9.17, 15) is 0 Å². The zero-order valence-electron chi connectivity index (χ0n) is 11.5. The first-order valence-electron chi connectivity index (χ1n) is 7.15. The van der Waals surface area contributed by atoms with Crippen LogP contribution in [0.25, 0.3) is 22.3 Å². The van der Waals surface area contributed by atoms with E-state index in [0.717, 1.165) is 28.8 Å². The van der Waals surface area contributed by atoms with Gasteiger partial charge in [-0.2, -0.15) is 0 Å². The van der Waals surface area contributed by atoms with Crippen molar-refractivity contribution in [1.82, 2.24) is 10.3 Å². The molecule has 0 atom stereocenters. The van der Waals surface area contributed by atoms with Gasteiger partial charge in [-0.15, -0.1) is 0 Å². The summed E-state index contributed by atoms with van der Waals surface area (Å²) in [5, 5.41) is 5.15. The second-order valence-electron chi connectivity index (χ2n) is 5.51. The Morgan fingerprint density at radius 2 is 2.14 bits per heavy atom. The second kappa shape index (κ2) is 5.17. The van der Waals surface area contributed by atoms with Crippen molar-refractivity contribution in [2.75, 3.05) is 0 Å². The van der Waals surface area contributed by atoms with E-state index < -0.39 is 0 Å². The summed E-state index contributed by atoms with van der Waals surface area (Å²) in [7, 11) is 0. The Hall–Kier alpha value is -1.84. The molecule has 0 aliphatic heterocycles. The molecular formula is C17H15ClN2O. The largest absolute Gasteiger partial charge is 0.454 e. The van der Waals surface area contributed by atoms with Gasteiger partial charge in [-0.1, -0.05) is 23.7 Å². The zero-order chi connectivity index (χ0) is 14.2. The monoisotopic (exact) mass is 298 g/mol. The summed E-state index contributed by atoms with van der Waals surface area (Å²) in [6, 6.07) is 10.6. The number of rotatable bonds is 4. The van der Waals surface area contributed by atoms with Gasteiger partial charge >= 0.3 is 0 Å². The minimum absolute atomic E-state index is 0.637. The lowest BCUT2D eigenvalue weighted by atomic mass is 10.1. The van der Waals surface area contributed by atoms with Crippen molar-refractivity contribution in [2.24, 2.45) is 0 Å². The molecule has 0 spiro atoms. The molecule has 0 saturated heterocycles. The van der Waals surface area contributed by atoms with E-state index in [4.69, 9.17) is 16.0 Å². The zero-order valence-corrected chi connectivity index (χ0v) is 12.2. The minimum Gasteiger partial charge on any atom is -0.454 e. The van der Waals surface area contributed by atoms with Gasteiger partial charge < -0.3 is 9.73 Å². The van der Waals surface area contributed by atoms with E-state index in [-0.39, 0.29) is 0 Å². The Bertz CT molecular complexity index is 792. The number of nitrogens with one attached hydrogen (secondary N) is 1. The van der Waals surface area contributed by atoms with E-state index in [0.29, 0.717) is 11.1 Å². The van der Waals surface area contributed by atoms with Crippen LogP contribution in [-0.2, 0) is 6.54 Å². The highest BCUT2D eigenvalue weighted by Crippen LogP contribution is 2.32. The van der Waals surface area contributed by atoms with E-state index in [1.165, 1.54) is 18.4 Å². The van der Waals surface area contributed by atoms with Crippen LogP contribution in [-0.4, -0.2) is 11.0 Å². The Morgan fingerprint density at radius 3 is 2.95 bits per heavy atom. The van der Waals surface area contributed by atoms with Crippen LogP contribution < -0.4 is 5.32 Å². The van der Waals surface area contributed by atoms with Crippen molar-refractivity contribution in [3.8, 4) is 11.3 Å². The summed E-state index contributed by atoms with van der Waals surface area (Å²) >= 11 is 6.16. The second-order valence-corrected chi connectivity index (χ2v) is 5.91. The molecule has 1 aliphatic rings. The number of furan rings is 1. The number of fused-ring (bicyclic) bond motifs is 1. The highest BCUT2D eigenvalue weighted by atomic mass is 35.5. The van der Waals surface area contributed by atoms with Crippen molar-refractivity contribution in [1.29, 1.82) is 0 Å². The normalized spacial score (nSPS) is 14.7. The summed E-state index contributed by atoms with van der Waals surface area (Å²) in [4.78, 5) is 4.32. The fourth-order valence-electron chi connectivity index (χ4n) is 2.44. The van der Waals surface area contributed by atoms with Gasteiger partial charge in [-0.05, 0) is 36.6 Å². The van der Waals surface area contributed by atoms with Crippen LogP contribution in [0.3, 0.4) is 0 Å². The van der Waals surface area contributed by atoms with Gasteiger partial charge in [0, 0.05) is 35.9 Å². The molecule has 0 bridgehead atoms. The molecular weight excluding hydrogens is 284 g/mol. The van der Waals surface area contributed by atoms with Crippen LogP contribution in [0.2, 0.25) is 5.02 Å². The molecule has 2 heterocycles. The smallest absolute Gasteiger partial charge is 0.153 e. The lowest BCUT2D eigenvalue weighted by Gasteiger charge is -2.04. The maximum absolute atomic E-state index is 6.16. The molecule has 1 fully saturated rings. The highest BCUT2D eigenvalue weighted by Gasteiger charge is 2.20. The molecule has 4 rings (SSSR count). The summed E-state index contributed by atoms with van der Waals surface area (Å²) in [6.07, 6.45) is 6.30. The summed E-state index contributed by atoms with van der Waals surface area (Å²) in [5.74, 6) is 0.805. The van der Waals surface area contributed by atoms with Crippen LogP contribution in [0.5, 0.6) is 0 Å². The predicted octanol–water partition coefficient (Wildman–Crippen LogP) is 4.40. The fourth-order valence-corrected chi connectivity index (χ4v) is 2.66. The Morgan fingerprint density at radius 1 is 1.24 bits per heavy atom. The molecule has 1 saturated carbocycles. The van der Waals surface area contributed by atoms with Crippen molar-refractivity contribution >= 4 is 22.6 Å². The van der Waals surface area contributed by atoms with Crippen molar-refractivity contribution < 1.29 is 4.42 Å². The van der Waals surface area contributed by atoms with Crippen LogP contribution in [0, 0.1) is 0 Å². The fraction of sp³-hybridized carbons (Fsp3) is 0.235. The van der Waals surface area contributed by atoms with E-state index in [1.54, 1.807) is 0 Å². The third kappa shape index (κ3) is 2.67. The lowest BCUT2D eigenvalue weighted by molar-refractivity contribution is 0.630. The summed E-state index contributed by atoms with van der Waals surface area (Å²) < 4.78 is 5.89. The highest BCUT2D eigenvalue weighted by molar-refractivity contribution is 6.34. The molecule has 4 heteroatoms. The summed E-state index contributed by atoms with van der Waals surface area (Å²) in [6.45, 7) is 0.854. The van der Waals surface area contributed by atoms with Gasteiger partial charge in [-0.25, -0.2) is 0 Å². The third-order valence-electron chi connectivity index (χ3n) is 3.75. The lowest BCUT2D eigenvalue weighted by Crippen LogP contribution is -2.15. The standard InChI is InChI=1S/C17H15ClN2O/c18-15-3-1-2-12-7-16(21-17(12)15)13-6-11(8-19-10-13)9-20-14-4-5-14/h1-3,6-8,10,14,20H,4-5,9H2. The topological polar surface area (TPSA) is 38.1 Å². The van der Waals surface area contributed by atoms with E-state index >= 15 is 0 Å². The number of hydrogen-bond donors (Lipinski definition) is 1. The van der Waals surface area contributed by atoms with Gasteiger partial charge in [0.1, 0.15) is 5.76 Å². The molecule has 2 aromatic heterocycles. The van der Waals surface area contributed by atoms with Gasteiger partial charge in [-0.3, -0.25) is 4.98 Å². The van der Waals surface area contributed by atoms with Gasteiger partial charge in [0.2, 0.25) is 0 Å². The van der Waals surface area contributed by atoms with Crippen molar-refractivity contribution in [3.05, 3.63) is 53.3 Å². The van der Waals surface area contributed by atoms with E-state index in [2.05, 4.69) is 16.4 Å². The third-order valence-corrected chi connectivity index (χ3v) is 4.05. The Kier molecular flexibility index (Phi) is 3.17. The quantitative estimate of drug-likeness (QED) is 0.776. The first kappa shape index (κ1) is 12.9. The van der Waals surface area contributed by atoms with E-state index in [1.807, 2.05) is 36.7 Å². The van der Waals surface area contributed by atoms with Crippen LogP contribution in [0.15, 0.2) is 47.1 Å². The predicted molar refractivity (Wildman–Crippen MR) is 84.3 cm³/mol. The number of aromatic nitrogens is 1. The first-order valence-corrected chi connectivity index (χ1v) is 7.53. The molecule has 1 aliphatic carbocycles. The van der Waals surface area contributed by atoms with Gasteiger partial charge in [0.05, 0.1) is 5.02 Å². The number of hydrogen-bond acceptors (Lipinski definition) is 3. The molecule has 3 nitrogen and oxygen atoms in total. The van der Waals surface area contributed by atoms with Crippen molar-refractivity contribution in [3.63, 3.8) is 0 Å². The van der Waals surface area contributed by atoms with Crippen LogP contribution >= 0.6 is 11.6 Å². The van der Waals surface area contributed by atoms with Gasteiger partial charge in [0.25, 0.3) is 0 Å². The number of halogens is 1. The maximum Gasteiger partial charge on any atom is 0.153 e. The number of nitrogens with zero attached hydrogens (tertiary/aromatic N) is 1. The molecule has 106 valence electrons. The molecule has 0 radical (unpaired) electrons. The Balaban J connectivity index is 1.67. The number of benzene rings is 1. The molecule has 21 heavy (non-hydrogen) atoms. The number of pyridine rings is 1.